The molecule has 0 N–H and O–H groups in total. The molecule has 100 valence electrons. The standard InChI is InChI=1S/C14H17N3O2/c1-19-14(18)12-3-2-6-17(10-12)9-11-4-5-16-13(7-11)8-15/h4-5,7,12H,2-3,6,9-10H2,1H3/t12-/m0/s1. The van der Waals surface area contributed by atoms with E-state index in [4.69, 9.17) is 10.00 Å². The van der Waals surface area contributed by atoms with Gasteiger partial charge in [-0.3, -0.25) is 9.69 Å². The van der Waals surface area contributed by atoms with Gasteiger partial charge in [0.15, 0.2) is 0 Å². The first kappa shape index (κ1) is 13.5. The predicted molar refractivity (Wildman–Crippen MR) is 69.0 cm³/mol. The summed E-state index contributed by atoms with van der Waals surface area (Å²) in [6.45, 7) is 2.43. The zero-order valence-electron chi connectivity index (χ0n) is 11.0. The number of rotatable bonds is 3. The molecule has 19 heavy (non-hydrogen) atoms. The molecule has 5 heteroatoms. The van der Waals surface area contributed by atoms with Crippen LogP contribution in [-0.2, 0) is 16.1 Å². The first-order valence-corrected chi connectivity index (χ1v) is 6.38. The lowest BCUT2D eigenvalue weighted by Gasteiger charge is -2.31. The van der Waals surface area contributed by atoms with Crippen molar-refractivity contribution in [1.82, 2.24) is 9.88 Å². The number of hydrogen-bond donors (Lipinski definition) is 0. The summed E-state index contributed by atoms with van der Waals surface area (Å²) in [7, 11) is 1.43. The normalized spacial score (nSPS) is 19.7. The molecular weight excluding hydrogens is 242 g/mol. The SMILES string of the molecule is COC(=O)[C@H]1CCCN(Cc2ccnc(C#N)c2)C1. The molecule has 0 aromatic carbocycles. The number of methoxy groups -OCH3 is 1. The van der Waals surface area contributed by atoms with E-state index in [2.05, 4.69) is 9.88 Å². The highest BCUT2D eigenvalue weighted by Crippen LogP contribution is 2.19. The molecule has 0 unspecified atom stereocenters. The average molecular weight is 259 g/mol. The van der Waals surface area contributed by atoms with Gasteiger partial charge in [-0.2, -0.15) is 5.26 Å². The predicted octanol–water partition coefficient (Wildman–Crippen LogP) is 1.34. The minimum atomic E-state index is -0.128. The highest BCUT2D eigenvalue weighted by atomic mass is 16.5. The van der Waals surface area contributed by atoms with Crippen molar-refractivity contribution in [1.29, 1.82) is 5.26 Å². The fourth-order valence-electron chi connectivity index (χ4n) is 2.45. The van der Waals surface area contributed by atoms with E-state index in [0.29, 0.717) is 5.69 Å². The van der Waals surface area contributed by atoms with Crippen LogP contribution < -0.4 is 0 Å². The van der Waals surface area contributed by atoms with Gasteiger partial charge in [0.1, 0.15) is 11.8 Å². The third-order valence-electron chi connectivity index (χ3n) is 3.39. The van der Waals surface area contributed by atoms with Crippen molar-refractivity contribution in [3.8, 4) is 6.07 Å². The van der Waals surface area contributed by atoms with Crippen LogP contribution in [0.4, 0.5) is 0 Å². The molecule has 1 aliphatic heterocycles. The largest absolute Gasteiger partial charge is 0.469 e. The fraction of sp³-hybridized carbons (Fsp3) is 0.500. The van der Waals surface area contributed by atoms with Crippen LogP contribution in [0.2, 0.25) is 0 Å². The van der Waals surface area contributed by atoms with Crippen molar-refractivity contribution < 1.29 is 9.53 Å². The molecule has 1 aliphatic rings. The molecule has 1 saturated heterocycles. The Bertz CT molecular complexity index is 496. The summed E-state index contributed by atoms with van der Waals surface area (Å²) >= 11 is 0. The third kappa shape index (κ3) is 3.52. The van der Waals surface area contributed by atoms with Gasteiger partial charge in [0, 0.05) is 19.3 Å². The fourth-order valence-corrected chi connectivity index (χ4v) is 2.45. The van der Waals surface area contributed by atoms with Crippen molar-refractivity contribution in [2.24, 2.45) is 5.92 Å². The highest BCUT2D eigenvalue weighted by molar-refractivity contribution is 5.72. The van der Waals surface area contributed by atoms with Gasteiger partial charge in [-0.25, -0.2) is 4.98 Å². The highest BCUT2D eigenvalue weighted by Gasteiger charge is 2.26. The number of aromatic nitrogens is 1. The number of nitriles is 1. The summed E-state index contributed by atoms with van der Waals surface area (Å²) in [5.74, 6) is -0.159. The van der Waals surface area contributed by atoms with Crippen LogP contribution in [0.15, 0.2) is 18.3 Å². The summed E-state index contributed by atoms with van der Waals surface area (Å²) in [6.07, 6.45) is 3.54. The molecule has 1 aromatic rings. The Kier molecular flexibility index (Phi) is 4.48. The van der Waals surface area contributed by atoms with E-state index in [0.717, 1.165) is 38.0 Å². The summed E-state index contributed by atoms with van der Waals surface area (Å²) < 4.78 is 4.81. The quantitative estimate of drug-likeness (QED) is 0.766. The molecule has 2 rings (SSSR count). The molecular formula is C14H17N3O2. The summed E-state index contributed by atoms with van der Waals surface area (Å²) in [4.78, 5) is 17.7. The van der Waals surface area contributed by atoms with Gasteiger partial charge in [0.05, 0.1) is 13.0 Å². The van der Waals surface area contributed by atoms with Crippen LogP contribution in [0.5, 0.6) is 0 Å². The van der Waals surface area contributed by atoms with E-state index in [9.17, 15) is 4.79 Å². The number of carbonyl (C=O) groups is 1. The second-order valence-corrected chi connectivity index (χ2v) is 4.76. The zero-order chi connectivity index (χ0) is 13.7. The van der Waals surface area contributed by atoms with Crippen LogP contribution in [0.1, 0.15) is 24.1 Å². The molecule has 0 aliphatic carbocycles. The van der Waals surface area contributed by atoms with Gasteiger partial charge in [-0.05, 0) is 37.1 Å². The van der Waals surface area contributed by atoms with Crippen molar-refractivity contribution in [2.45, 2.75) is 19.4 Å². The number of likely N-dealkylation sites (tertiary alicyclic amines) is 1. The van der Waals surface area contributed by atoms with E-state index in [1.807, 2.05) is 12.1 Å². The Hall–Kier alpha value is -1.93. The van der Waals surface area contributed by atoms with E-state index in [1.165, 1.54) is 7.11 Å². The molecule has 1 atom stereocenters. The summed E-state index contributed by atoms with van der Waals surface area (Å²) in [5, 5.41) is 8.83. The third-order valence-corrected chi connectivity index (χ3v) is 3.39. The van der Waals surface area contributed by atoms with Crippen molar-refractivity contribution in [3.05, 3.63) is 29.6 Å². The molecule has 0 radical (unpaired) electrons. The maximum Gasteiger partial charge on any atom is 0.309 e. The number of hydrogen-bond acceptors (Lipinski definition) is 5. The molecule has 5 nitrogen and oxygen atoms in total. The lowest BCUT2D eigenvalue weighted by Crippen LogP contribution is -2.38. The molecule has 0 saturated carbocycles. The molecule has 0 amide bonds. The lowest BCUT2D eigenvalue weighted by atomic mass is 9.98. The van der Waals surface area contributed by atoms with Crippen LogP contribution in [-0.4, -0.2) is 36.1 Å². The number of nitrogens with zero attached hydrogens (tertiary/aromatic N) is 3. The van der Waals surface area contributed by atoms with Crippen LogP contribution in [0.3, 0.4) is 0 Å². The number of ether oxygens (including phenoxy) is 1. The average Bonchev–Trinajstić information content (AvgIpc) is 2.47. The smallest absolute Gasteiger partial charge is 0.309 e. The Morgan fingerprint density at radius 3 is 3.26 bits per heavy atom. The monoisotopic (exact) mass is 259 g/mol. The van der Waals surface area contributed by atoms with Crippen molar-refractivity contribution in [3.63, 3.8) is 0 Å². The summed E-state index contributed by atoms with van der Waals surface area (Å²) in [5.41, 5.74) is 1.48. The van der Waals surface area contributed by atoms with Gasteiger partial charge >= 0.3 is 5.97 Å². The van der Waals surface area contributed by atoms with E-state index >= 15 is 0 Å². The van der Waals surface area contributed by atoms with E-state index in [-0.39, 0.29) is 11.9 Å². The van der Waals surface area contributed by atoms with Gasteiger partial charge < -0.3 is 4.74 Å². The number of pyridine rings is 1. The molecule has 1 aromatic heterocycles. The Balaban J connectivity index is 1.98. The van der Waals surface area contributed by atoms with E-state index in [1.54, 1.807) is 12.3 Å². The van der Waals surface area contributed by atoms with Crippen LogP contribution in [0, 0.1) is 17.2 Å². The zero-order valence-corrected chi connectivity index (χ0v) is 11.0. The van der Waals surface area contributed by atoms with Crippen LogP contribution in [0.25, 0.3) is 0 Å². The minimum absolute atomic E-state index is 0.0315. The van der Waals surface area contributed by atoms with Gasteiger partial charge in [0.2, 0.25) is 0 Å². The summed E-state index contributed by atoms with van der Waals surface area (Å²) in [6, 6.07) is 5.74. The molecule has 1 fully saturated rings. The second-order valence-electron chi connectivity index (χ2n) is 4.76. The maximum absolute atomic E-state index is 11.6. The van der Waals surface area contributed by atoms with E-state index < -0.39 is 0 Å². The number of esters is 1. The first-order chi connectivity index (χ1) is 9.22. The van der Waals surface area contributed by atoms with Gasteiger partial charge in [-0.1, -0.05) is 0 Å². The lowest BCUT2D eigenvalue weighted by molar-refractivity contribution is -0.147. The Labute approximate surface area is 112 Å². The first-order valence-electron chi connectivity index (χ1n) is 6.38. The topological polar surface area (TPSA) is 66.2 Å². The second kappa shape index (κ2) is 6.30. The Morgan fingerprint density at radius 2 is 2.53 bits per heavy atom. The number of carbonyl (C=O) groups excluding carboxylic acids is 1. The maximum atomic E-state index is 11.6. The molecule has 2 heterocycles. The van der Waals surface area contributed by atoms with Crippen molar-refractivity contribution >= 4 is 5.97 Å². The number of piperidine rings is 1. The van der Waals surface area contributed by atoms with Gasteiger partial charge in [-0.15, -0.1) is 0 Å². The van der Waals surface area contributed by atoms with Gasteiger partial charge in [0.25, 0.3) is 0 Å². The van der Waals surface area contributed by atoms with Crippen LogP contribution >= 0.6 is 0 Å². The molecule has 0 bridgehead atoms. The van der Waals surface area contributed by atoms with Crippen molar-refractivity contribution in [2.75, 3.05) is 20.2 Å². The molecule has 0 spiro atoms. The Morgan fingerprint density at radius 1 is 1.68 bits per heavy atom. The minimum Gasteiger partial charge on any atom is -0.469 e.